The topological polar surface area (TPSA) is 94.6 Å². The van der Waals surface area contributed by atoms with Gasteiger partial charge in [-0.3, -0.25) is 4.90 Å². The first kappa shape index (κ1) is 32.1. The van der Waals surface area contributed by atoms with Gasteiger partial charge in [-0.2, -0.15) is 13.2 Å². The van der Waals surface area contributed by atoms with E-state index in [1.165, 1.54) is 28.0 Å². The van der Waals surface area contributed by atoms with Gasteiger partial charge in [0, 0.05) is 19.2 Å². The Morgan fingerprint density at radius 2 is 1.51 bits per heavy atom. The van der Waals surface area contributed by atoms with E-state index in [4.69, 9.17) is 18.9 Å². The number of rotatable bonds is 7. The fourth-order valence-corrected chi connectivity index (χ4v) is 5.54. The molecule has 2 heterocycles. The Labute approximate surface area is 248 Å². The molecule has 43 heavy (non-hydrogen) atoms. The van der Waals surface area contributed by atoms with E-state index in [2.05, 4.69) is 0 Å². The quantitative estimate of drug-likeness (QED) is 0.290. The highest BCUT2D eigenvalue weighted by Gasteiger charge is 2.67. The van der Waals surface area contributed by atoms with Gasteiger partial charge >= 0.3 is 24.3 Å². The molecule has 12 heteroatoms. The van der Waals surface area contributed by atoms with Crippen LogP contribution < -0.4 is 0 Å². The Bertz CT molecular complexity index is 1280. The maximum atomic E-state index is 14.7. The highest BCUT2D eigenvalue weighted by atomic mass is 19.4. The van der Waals surface area contributed by atoms with Gasteiger partial charge in [-0.15, -0.1) is 0 Å². The Morgan fingerprint density at radius 1 is 0.907 bits per heavy atom. The van der Waals surface area contributed by atoms with Crippen molar-refractivity contribution < 1.29 is 46.5 Å². The first-order chi connectivity index (χ1) is 20.2. The lowest BCUT2D eigenvalue weighted by atomic mass is 9.80. The number of methoxy groups -OCH3 is 1. The van der Waals surface area contributed by atoms with E-state index in [0.29, 0.717) is 19.3 Å². The summed E-state index contributed by atoms with van der Waals surface area (Å²) in [4.78, 5) is 42.6. The number of nitrogens with zero attached hydrogens (tertiary/aromatic N) is 2. The van der Waals surface area contributed by atoms with Gasteiger partial charge in [0.1, 0.15) is 12.2 Å². The van der Waals surface area contributed by atoms with E-state index in [0.717, 1.165) is 24.8 Å². The lowest BCUT2D eigenvalue weighted by Gasteiger charge is -2.56. The number of ether oxygens (including phenoxy) is 4. The Kier molecular flexibility index (Phi) is 9.29. The summed E-state index contributed by atoms with van der Waals surface area (Å²) in [5.41, 5.74) is -5.68. The number of hydrogen-bond acceptors (Lipinski definition) is 7. The van der Waals surface area contributed by atoms with Gasteiger partial charge in [-0.1, -0.05) is 60.7 Å². The second kappa shape index (κ2) is 12.4. The fourth-order valence-electron chi connectivity index (χ4n) is 5.54. The van der Waals surface area contributed by atoms with Gasteiger partial charge in [-0.25, -0.2) is 14.4 Å². The molecule has 0 saturated carbocycles. The molecule has 0 spiro atoms. The molecule has 2 fully saturated rings. The van der Waals surface area contributed by atoms with Crippen LogP contribution >= 0.6 is 0 Å². The van der Waals surface area contributed by atoms with Gasteiger partial charge in [0.25, 0.3) is 5.60 Å². The molecule has 0 aromatic heterocycles. The predicted molar refractivity (Wildman–Crippen MR) is 149 cm³/mol. The van der Waals surface area contributed by atoms with Crippen LogP contribution in [0.5, 0.6) is 0 Å². The second-order valence-corrected chi connectivity index (χ2v) is 11.8. The van der Waals surface area contributed by atoms with Crippen molar-refractivity contribution in [1.29, 1.82) is 0 Å². The van der Waals surface area contributed by atoms with Crippen molar-refractivity contribution in [3.63, 3.8) is 0 Å². The van der Waals surface area contributed by atoms with Gasteiger partial charge in [0.15, 0.2) is 5.60 Å². The van der Waals surface area contributed by atoms with E-state index in [1.54, 1.807) is 45.0 Å². The van der Waals surface area contributed by atoms with Crippen LogP contribution in [0.4, 0.5) is 22.8 Å². The van der Waals surface area contributed by atoms with Crippen molar-refractivity contribution in [2.75, 3.05) is 26.7 Å². The molecule has 2 aromatic rings. The second-order valence-electron chi connectivity index (χ2n) is 11.8. The normalized spacial score (nSPS) is 19.9. The third kappa shape index (κ3) is 6.74. The first-order valence-corrected chi connectivity index (χ1v) is 14.1. The molecule has 0 radical (unpaired) electrons. The number of halogens is 3. The van der Waals surface area contributed by atoms with Gasteiger partial charge in [-0.05, 0) is 45.6 Å². The molecule has 4 rings (SSSR count). The van der Waals surface area contributed by atoms with Crippen LogP contribution in [0.2, 0.25) is 0 Å². The number of amides is 2. The van der Waals surface area contributed by atoms with Crippen molar-refractivity contribution in [3.8, 4) is 0 Å². The van der Waals surface area contributed by atoms with Crippen molar-refractivity contribution >= 4 is 18.2 Å². The molecular formula is C31H37F3N2O7. The number of likely N-dealkylation sites (tertiary alicyclic amines) is 2. The smallest absolute Gasteiger partial charge is 0.432 e. The van der Waals surface area contributed by atoms with E-state index in [-0.39, 0.29) is 26.2 Å². The number of benzene rings is 2. The van der Waals surface area contributed by atoms with Crippen LogP contribution in [-0.4, -0.2) is 78.1 Å². The van der Waals surface area contributed by atoms with Crippen LogP contribution in [0.15, 0.2) is 60.7 Å². The third-order valence-electron chi connectivity index (χ3n) is 7.59. The molecule has 9 nitrogen and oxygen atoms in total. The Morgan fingerprint density at radius 3 is 2.07 bits per heavy atom. The maximum absolute atomic E-state index is 14.7. The molecule has 1 unspecified atom stereocenters. The van der Waals surface area contributed by atoms with Gasteiger partial charge in [0.2, 0.25) is 0 Å². The Hall–Kier alpha value is -3.80. The molecule has 2 aromatic carbocycles. The highest BCUT2D eigenvalue weighted by Crippen LogP contribution is 2.46. The van der Waals surface area contributed by atoms with Crippen molar-refractivity contribution in [3.05, 3.63) is 71.8 Å². The standard InChI is InChI=1S/C31H37F3N2O7/c1-28(2,3)43-27(39)36-18-12-11-17-24(36)29(20-35(21-29)26(38)41-19-22-13-7-5-8-14-22)42-25(37)30(40-4,31(32,33)34)23-15-9-6-10-16-23/h5-10,13-16,24H,11-12,17-21H2,1-4H3/t24?,30-/m0/s1. The van der Waals surface area contributed by atoms with Crippen molar-refractivity contribution in [2.24, 2.45) is 0 Å². The van der Waals surface area contributed by atoms with Crippen LogP contribution in [0.3, 0.4) is 0 Å². The van der Waals surface area contributed by atoms with E-state index >= 15 is 0 Å². The molecule has 0 aliphatic carbocycles. The summed E-state index contributed by atoms with van der Waals surface area (Å²) in [7, 11) is 0.788. The van der Waals surface area contributed by atoms with Crippen LogP contribution in [0.1, 0.15) is 51.2 Å². The molecule has 2 atom stereocenters. The minimum atomic E-state index is -5.20. The third-order valence-corrected chi connectivity index (χ3v) is 7.59. The number of piperidine rings is 1. The number of esters is 1. The largest absolute Gasteiger partial charge is 0.450 e. The number of carbonyl (C=O) groups is 3. The summed E-state index contributed by atoms with van der Waals surface area (Å²) in [6, 6.07) is 14.6. The van der Waals surface area contributed by atoms with Crippen LogP contribution in [0, 0.1) is 0 Å². The highest BCUT2D eigenvalue weighted by molar-refractivity contribution is 5.83. The minimum Gasteiger partial charge on any atom is -0.450 e. The summed E-state index contributed by atoms with van der Waals surface area (Å²) in [6.07, 6.45) is -5.05. The zero-order valence-electron chi connectivity index (χ0n) is 24.7. The summed E-state index contributed by atoms with van der Waals surface area (Å²) in [6.45, 7) is 4.73. The van der Waals surface area contributed by atoms with Gasteiger partial charge < -0.3 is 23.8 Å². The zero-order valence-corrected chi connectivity index (χ0v) is 24.7. The summed E-state index contributed by atoms with van der Waals surface area (Å²) in [5.74, 6) is -1.69. The SMILES string of the molecule is CO[C@](C(=O)OC1(C2CCCCN2C(=O)OC(C)(C)C)CN(C(=O)OCc2ccccc2)C1)(c1ccccc1)C(F)(F)F. The van der Waals surface area contributed by atoms with Crippen molar-refractivity contribution in [2.45, 2.75) is 75.7 Å². The molecule has 2 saturated heterocycles. The first-order valence-electron chi connectivity index (χ1n) is 14.1. The van der Waals surface area contributed by atoms with E-state index in [1.807, 2.05) is 6.07 Å². The summed E-state index contributed by atoms with van der Waals surface area (Å²) >= 11 is 0. The lowest BCUT2D eigenvalue weighted by Crippen LogP contribution is -2.75. The average Bonchev–Trinajstić information content (AvgIpc) is 2.93. The van der Waals surface area contributed by atoms with E-state index < -0.39 is 52.7 Å². The molecule has 0 bridgehead atoms. The number of carbonyl (C=O) groups excluding carboxylic acids is 3. The predicted octanol–water partition coefficient (Wildman–Crippen LogP) is 5.81. The van der Waals surface area contributed by atoms with Gasteiger partial charge in [0.05, 0.1) is 19.1 Å². The van der Waals surface area contributed by atoms with Crippen molar-refractivity contribution in [1.82, 2.24) is 9.80 Å². The molecule has 234 valence electrons. The number of hydrogen-bond donors (Lipinski definition) is 0. The van der Waals surface area contributed by atoms with Crippen LogP contribution in [0.25, 0.3) is 0 Å². The molecule has 0 N–H and O–H groups in total. The monoisotopic (exact) mass is 606 g/mol. The fraction of sp³-hybridized carbons (Fsp3) is 0.516. The van der Waals surface area contributed by atoms with E-state index in [9.17, 15) is 27.6 Å². The number of alkyl halides is 3. The molecular weight excluding hydrogens is 569 g/mol. The maximum Gasteiger partial charge on any atom is 0.432 e. The lowest BCUT2D eigenvalue weighted by molar-refractivity contribution is -0.288. The van der Waals surface area contributed by atoms with Crippen LogP contribution in [-0.2, 0) is 35.9 Å². The Balaban J connectivity index is 1.66. The summed E-state index contributed by atoms with van der Waals surface area (Å²) in [5, 5.41) is 0. The zero-order chi connectivity index (χ0) is 31.5. The molecule has 2 amide bonds. The molecule has 2 aliphatic heterocycles. The molecule has 2 aliphatic rings. The average molecular weight is 607 g/mol. The summed E-state index contributed by atoms with van der Waals surface area (Å²) < 4.78 is 65.9. The minimum absolute atomic E-state index is 0.0225.